The van der Waals surface area contributed by atoms with Gasteiger partial charge in [0.15, 0.2) is 0 Å². The van der Waals surface area contributed by atoms with E-state index in [1.165, 1.54) is 25.0 Å². The number of hydrogen-bond donors (Lipinski definition) is 1. The Morgan fingerprint density at radius 3 is 2.73 bits per heavy atom. The average Bonchev–Trinajstić information content (AvgIpc) is 2.25. The van der Waals surface area contributed by atoms with Crippen LogP contribution in [0, 0.1) is 5.92 Å². The molecule has 0 aromatic carbocycles. The second-order valence-electron chi connectivity index (χ2n) is 3.80. The molecule has 0 aromatic rings. The zero-order valence-corrected chi connectivity index (χ0v) is 9.18. The highest BCUT2D eigenvalue weighted by Gasteiger charge is 2.34. The van der Waals surface area contributed by atoms with E-state index in [4.69, 9.17) is 0 Å². The Balaban J connectivity index is 2.32. The molecule has 0 saturated carbocycles. The molecule has 1 atom stereocenters. The smallest absolute Gasteiger partial charge is 0.0132 e. The van der Waals surface area contributed by atoms with Crippen LogP contribution in [-0.2, 0) is 0 Å². The highest BCUT2D eigenvalue weighted by Crippen LogP contribution is 2.44. The normalized spacial score (nSPS) is 29.2. The van der Waals surface area contributed by atoms with E-state index in [-0.39, 0.29) is 0 Å². The minimum atomic E-state index is 0.545. The van der Waals surface area contributed by atoms with Crippen molar-refractivity contribution in [3.63, 3.8) is 0 Å². The fourth-order valence-corrected chi connectivity index (χ4v) is 3.34. The first-order valence-corrected chi connectivity index (χ1v) is 6.03. The van der Waals surface area contributed by atoms with Crippen LogP contribution >= 0.6 is 24.4 Å². The molecule has 1 rings (SSSR count). The lowest BCUT2D eigenvalue weighted by Crippen LogP contribution is -2.21. The molecule has 1 aliphatic heterocycles. The first kappa shape index (κ1) is 9.79. The maximum atomic E-state index is 4.24. The highest BCUT2D eigenvalue weighted by molar-refractivity contribution is 8.00. The van der Waals surface area contributed by atoms with Gasteiger partial charge in [-0.1, -0.05) is 13.8 Å². The van der Waals surface area contributed by atoms with E-state index in [1.54, 1.807) is 0 Å². The van der Waals surface area contributed by atoms with E-state index in [1.807, 2.05) is 0 Å². The third kappa shape index (κ3) is 2.59. The fourth-order valence-electron chi connectivity index (χ4n) is 1.76. The van der Waals surface area contributed by atoms with E-state index in [0.29, 0.717) is 4.75 Å². The molecule has 66 valence electrons. The first-order valence-electron chi connectivity index (χ1n) is 4.41. The van der Waals surface area contributed by atoms with Crippen LogP contribution in [0.2, 0.25) is 0 Å². The summed E-state index contributed by atoms with van der Waals surface area (Å²) in [6, 6.07) is 0. The molecule has 0 nitrogen and oxygen atoms in total. The van der Waals surface area contributed by atoms with Crippen LogP contribution in [0.3, 0.4) is 0 Å². The quantitative estimate of drug-likeness (QED) is 0.667. The molecule has 1 heterocycles. The van der Waals surface area contributed by atoms with Crippen LogP contribution in [-0.4, -0.2) is 16.3 Å². The Morgan fingerprint density at radius 1 is 1.55 bits per heavy atom. The van der Waals surface area contributed by atoms with Gasteiger partial charge in [-0.15, -0.1) is 0 Å². The molecule has 0 bridgehead atoms. The van der Waals surface area contributed by atoms with Gasteiger partial charge in [0, 0.05) is 4.75 Å². The molecule has 1 saturated heterocycles. The monoisotopic (exact) mass is 190 g/mol. The van der Waals surface area contributed by atoms with Crippen LogP contribution in [0.4, 0.5) is 0 Å². The summed E-state index contributed by atoms with van der Waals surface area (Å²) in [5, 5.41) is 0. The van der Waals surface area contributed by atoms with Gasteiger partial charge in [0.05, 0.1) is 0 Å². The predicted octanol–water partition coefficient (Wildman–Crippen LogP) is 3.23. The molecule has 11 heavy (non-hydrogen) atoms. The molecule has 1 aliphatic rings. The van der Waals surface area contributed by atoms with Crippen molar-refractivity contribution in [3.8, 4) is 0 Å². The Hall–Kier alpha value is 0.700. The van der Waals surface area contributed by atoms with E-state index >= 15 is 0 Å². The van der Waals surface area contributed by atoms with Crippen molar-refractivity contribution >= 4 is 24.4 Å². The predicted molar refractivity (Wildman–Crippen MR) is 57.7 cm³/mol. The summed E-state index contributed by atoms with van der Waals surface area (Å²) in [5.41, 5.74) is 0. The van der Waals surface area contributed by atoms with Gasteiger partial charge in [0.25, 0.3) is 0 Å². The van der Waals surface area contributed by atoms with Crippen molar-refractivity contribution in [3.05, 3.63) is 0 Å². The third-order valence-corrected chi connectivity index (χ3v) is 4.47. The largest absolute Gasteiger partial charge is 0.179 e. The van der Waals surface area contributed by atoms with Gasteiger partial charge >= 0.3 is 0 Å². The Bertz CT molecular complexity index is 121. The minimum absolute atomic E-state index is 0.545. The summed E-state index contributed by atoms with van der Waals surface area (Å²) in [7, 11) is 0. The topological polar surface area (TPSA) is 0 Å². The highest BCUT2D eigenvalue weighted by atomic mass is 32.2. The maximum Gasteiger partial charge on any atom is 0.0132 e. The van der Waals surface area contributed by atoms with E-state index in [2.05, 4.69) is 38.2 Å². The molecule has 1 fully saturated rings. The van der Waals surface area contributed by atoms with E-state index in [9.17, 15) is 0 Å². The first-order chi connectivity index (χ1) is 5.17. The molecule has 0 N–H and O–H groups in total. The van der Waals surface area contributed by atoms with Gasteiger partial charge < -0.3 is 0 Å². The molecular formula is C9H18S2. The second-order valence-corrected chi connectivity index (χ2v) is 6.00. The van der Waals surface area contributed by atoms with Gasteiger partial charge in [-0.05, 0) is 36.7 Å². The number of thiol groups is 1. The lowest BCUT2D eigenvalue weighted by molar-refractivity contribution is 0.404. The minimum Gasteiger partial charge on any atom is -0.179 e. The van der Waals surface area contributed by atoms with Crippen LogP contribution < -0.4 is 0 Å². The van der Waals surface area contributed by atoms with Gasteiger partial charge in [0.2, 0.25) is 0 Å². The average molecular weight is 190 g/mol. The Morgan fingerprint density at radius 2 is 2.27 bits per heavy atom. The molecular weight excluding hydrogens is 172 g/mol. The second kappa shape index (κ2) is 4.08. The van der Waals surface area contributed by atoms with Crippen molar-refractivity contribution in [2.75, 3.05) is 11.5 Å². The van der Waals surface area contributed by atoms with Gasteiger partial charge in [-0.25, -0.2) is 0 Å². The summed E-state index contributed by atoms with van der Waals surface area (Å²) in [5.74, 6) is 3.36. The molecule has 0 amide bonds. The molecule has 0 radical (unpaired) electrons. The molecule has 0 spiro atoms. The fraction of sp³-hybridized carbons (Fsp3) is 1.00. The van der Waals surface area contributed by atoms with Crippen molar-refractivity contribution in [2.45, 2.75) is 37.9 Å². The molecule has 0 aliphatic carbocycles. The number of hydrogen-bond acceptors (Lipinski definition) is 2. The van der Waals surface area contributed by atoms with E-state index < -0.39 is 0 Å². The van der Waals surface area contributed by atoms with Crippen LogP contribution in [0.5, 0.6) is 0 Å². The number of thioether (sulfide) groups is 1. The zero-order chi connectivity index (χ0) is 8.32. The van der Waals surface area contributed by atoms with Gasteiger partial charge in [-0.2, -0.15) is 24.4 Å². The summed E-state index contributed by atoms with van der Waals surface area (Å²) in [6.07, 6.45) is 4.09. The summed E-state index contributed by atoms with van der Waals surface area (Å²) in [4.78, 5) is 0. The third-order valence-electron chi connectivity index (χ3n) is 2.63. The summed E-state index contributed by atoms with van der Waals surface area (Å²) < 4.78 is 0.545. The van der Waals surface area contributed by atoms with Gasteiger partial charge in [-0.3, -0.25) is 0 Å². The zero-order valence-electron chi connectivity index (χ0n) is 7.47. The van der Waals surface area contributed by atoms with E-state index in [0.717, 1.165) is 11.7 Å². The van der Waals surface area contributed by atoms with Crippen molar-refractivity contribution in [1.29, 1.82) is 0 Å². The van der Waals surface area contributed by atoms with Crippen LogP contribution in [0.15, 0.2) is 0 Å². The molecule has 0 aromatic heterocycles. The Labute approximate surface area is 79.9 Å². The summed E-state index contributed by atoms with van der Waals surface area (Å²) in [6.45, 7) is 4.77. The maximum absolute atomic E-state index is 4.24. The molecule has 1 unspecified atom stereocenters. The van der Waals surface area contributed by atoms with Gasteiger partial charge in [0.1, 0.15) is 0 Å². The standard InChI is InChI=1S/C9H18S2/c1-9(2)8(4-3-6-10)5-7-11-9/h8,10H,3-7H2,1-2H3. The Kier molecular flexibility index (Phi) is 3.63. The molecule has 2 heteroatoms. The number of rotatable bonds is 3. The van der Waals surface area contributed by atoms with Crippen LogP contribution in [0.25, 0.3) is 0 Å². The van der Waals surface area contributed by atoms with Crippen molar-refractivity contribution < 1.29 is 0 Å². The lowest BCUT2D eigenvalue weighted by Gasteiger charge is -2.25. The van der Waals surface area contributed by atoms with Crippen molar-refractivity contribution in [2.24, 2.45) is 5.92 Å². The summed E-state index contributed by atoms with van der Waals surface area (Å²) >= 11 is 6.38. The van der Waals surface area contributed by atoms with Crippen LogP contribution in [0.1, 0.15) is 33.1 Å². The SMILES string of the molecule is CC1(C)SCCC1CCCS. The van der Waals surface area contributed by atoms with Crippen molar-refractivity contribution in [1.82, 2.24) is 0 Å². The lowest BCUT2D eigenvalue weighted by atomic mass is 9.89.